The molecule has 1 aromatic carbocycles. The minimum atomic E-state index is -1.16. The van der Waals surface area contributed by atoms with Crippen molar-refractivity contribution in [1.82, 2.24) is 29.8 Å². The lowest BCUT2D eigenvalue weighted by atomic mass is 10.1. The highest BCUT2D eigenvalue weighted by Crippen LogP contribution is 2.41. The number of benzene rings is 1. The number of anilines is 1. The summed E-state index contributed by atoms with van der Waals surface area (Å²) in [6, 6.07) is 12.2. The fraction of sp³-hybridized carbons (Fsp3) is 0.355. The van der Waals surface area contributed by atoms with E-state index in [-0.39, 0.29) is 35.9 Å². The van der Waals surface area contributed by atoms with Crippen LogP contribution >= 0.6 is 0 Å². The van der Waals surface area contributed by atoms with E-state index in [2.05, 4.69) is 42.4 Å². The average molecular weight is 612 g/mol. The average Bonchev–Trinajstić information content (AvgIpc) is 3.85. The largest absolute Gasteiger partial charge is 0.477 e. The van der Waals surface area contributed by atoms with Crippen LogP contribution in [0.3, 0.4) is 0 Å². The summed E-state index contributed by atoms with van der Waals surface area (Å²) in [5, 5.41) is 15.3. The number of fused-ring (bicyclic) bond motifs is 2. The molecule has 3 fully saturated rings. The third-order valence-electron chi connectivity index (χ3n) is 7.90. The van der Waals surface area contributed by atoms with Gasteiger partial charge in [-0.25, -0.2) is 29.5 Å². The monoisotopic (exact) mass is 611 g/mol. The Bertz CT molecular complexity index is 1770. The molecule has 5 atom stereocenters. The van der Waals surface area contributed by atoms with Crippen molar-refractivity contribution in [3.05, 3.63) is 72.4 Å². The van der Waals surface area contributed by atoms with Gasteiger partial charge in [0.05, 0.1) is 6.33 Å². The van der Waals surface area contributed by atoms with Crippen molar-refractivity contribution in [2.75, 3.05) is 11.9 Å². The summed E-state index contributed by atoms with van der Waals surface area (Å²) < 4.78 is 26.4. The summed E-state index contributed by atoms with van der Waals surface area (Å²) in [6.45, 7) is -0.0765. The van der Waals surface area contributed by atoms with Crippen molar-refractivity contribution in [3.63, 3.8) is 0 Å². The fourth-order valence-corrected chi connectivity index (χ4v) is 5.78. The topological polar surface area (TPSA) is 172 Å². The highest BCUT2D eigenvalue weighted by Gasteiger charge is 2.54. The van der Waals surface area contributed by atoms with Gasteiger partial charge in [0.2, 0.25) is 12.2 Å². The molecule has 4 aromatic rings. The first kappa shape index (κ1) is 28.7. The first-order chi connectivity index (χ1) is 22.0. The van der Waals surface area contributed by atoms with Gasteiger partial charge in [-0.05, 0) is 43.0 Å². The van der Waals surface area contributed by atoms with Crippen LogP contribution < -0.4 is 15.4 Å². The maximum Gasteiger partial charge on any atom is 0.341 e. The summed E-state index contributed by atoms with van der Waals surface area (Å²) in [5.41, 5.74) is 1.51. The van der Waals surface area contributed by atoms with Crippen LogP contribution in [0.15, 0.2) is 61.3 Å². The lowest BCUT2D eigenvalue weighted by molar-refractivity contribution is -0.128. The quantitative estimate of drug-likeness (QED) is 0.262. The number of nitrogens with one attached hydrogen (secondary N) is 2. The molecule has 0 radical (unpaired) electrons. The Kier molecular flexibility index (Phi) is 7.95. The molecule has 14 nitrogen and oxygen atoms in total. The number of carbonyl (C=O) groups is 2. The second kappa shape index (κ2) is 12.5. The molecule has 1 aliphatic carbocycles. The smallest absolute Gasteiger partial charge is 0.341 e. The van der Waals surface area contributed by atoms with Crippen molar-refractivity contribution < 1.29 is 33.6 Å². The predicted octanol–water partition coefficient (Wildman–Crippen LogP) is 3.12. The Morgan fingerprint density at radius 2 is 1.82 bits per heavy atom. The Morgan fingerprint density at radius 3 is 2.64 bits per heavy atom. The molecule has 5 unspecified atom stereocenters. The summed E-state index contributed by atoms with van der Waals surface area (Å²) in [6.07, 6.45) is 4.81. The molecule has 0 spiro atoms. The minimum Gasteiger partial charge on any atom is -0.477 e. The van der Waals surface area contributed by atoms with Gasteiger partial charge in [0.15, 0.2) is 23.2 Å². The molecule has 45 heavy (non-hydrogen) atoms. The second-order valence-corrected chi connectivity index (χ2v) is 10.8. The van der Waals surface area contributed by atoms with Crippen molar-refractivity contribution >= 4 is 29.0 Å². The molecule has 1 saturated carbocycles. The lowest BCUT2D eigenvalue weighted by Gasteiger charge is -2.20. The number of pyridine rings is 1. The van der Waals surface area contributed by atoms with Crippen molar-refractivity contribution in [1.29, 1.82) is 0 Å². The normalized spacial score (nSPS) is 24.1. The highest BCUT2D eigenvalue weighted by atomic mass is 16.8. The van der Waals surface area contributed by atoms with Gasteiger partial charge in [-0.3, -0.25) is 9.88 Å². The number of hydrogen-bond acceptors (Lipinski definition) is 10. The number of rotatable bonds is 7. The number of carboxylic acid groups (broad SMARTS) is 1. The van der Waals surface area contributed by atoms with E-state index in [0.717, 1.165) is 31.2 Å². The zero-order chi connectivity index (χ0) is 30.8. The third-order valence-corrected chi connectivity index (χ3v) is 7.90. The number of imidazole rings is 1. The first-order valence-corrected chi connectivity index (χ1v) is 14.6. The molecule has 2 saturated heterocycles. The van der Waals surface area contributed by atoms with Gasteiger partial charge in [-0.2, -0.15) is 0 Å². The van der Waals surface area contributed by atoms with Crippen LogP contribution in [0.5, 0.6) is 5.88 Å². The Balaban J connectivity index is 1.14. The van der Waals surface area contributed by atoms with Crippen LogP contribution in [0.25, 0.3) is 11.2 Å². The van der Waals surface area contributed by atoms with Gasteiger partial charge >= 0.3 is 12.0 Å². The van der Waals surface area contributed by atoms with Crippen LogP contribution in [-0.4, -0.2) is 78.9 Å². The van der Waals surface area contributed by atoms with Crippen molar-refractivity contribution in [2.24, 2.45) is 0 Å². The van der Waals surface area contributed by atoms with Crippen molar-refractivity contribution in [2.45, 2.75) is 62.6 Å². The van der Waals surface area contributed by atoms with Gasteiger partial charge in [-0.15, -0.1) is 0 Å². The number of amides is 2. The summed E-state index contributed by atoms with van der Waals surface area (Å²) in [5.74, 6) is 5.14. The molecule has 3 aromatic heterocycles. The van der Waals surface area contributed by atoms with E-state index in [0.29, 0.717) is 11.2 Å². The minimum absolute atomic E-state index is 0.0413. The summed E-state index contributed by atoms with van der Waals surface area (Å²) in [7, 11) is 0. The molecular formula is C31H29N7O7. The van der Waals surface area contributed by atoms with Crippen molar-refractivity contribution in [3.8, 4) is 17.7 Å². The van der Waals surface area contributed by atoms with Crippen LogP contribution in [0.1, 0.15) is 47.8 Å². The van der Waals surface area contributed by atoms with Crippen LogP contribution in [0.2, 0.25) is 0 Å². The van der Waals surface area contributed by atoms with E-state index in [9.17, 15) is 14.7 Å². The van der Waals surface area contributed by atoms with E-state index in [1.54, 1.807) is 4.57 Å². The molecule has 2 aliphatic heterocycles. The molecule has 230 valence electrons. The zero-order valence-electron chi connectivity index (χ0n) is 23.9. The summed E-state index contributed by atoms with van der Waals surface area (Å²) in [4.78, 5) is 41.6. The number of aromatic carboxylic acids is 1. The van der Waals surface area contributed by atoms with Crippen LogP contribution in [0.4, 0.5) is 10.6 Å². The molecule has 3 N–H and O–H groups in total. The Hall–Kier alpha value is -5.10. The molecule has 2 amide bonds. The van der Waals surface area contributed by atoms with E-state index < -0.39 is 36.8 Å². The Morgan fingerprint density at radius 1 is 1.00 bits per heavy atom. The maximum atomic E-state index is 12.7. The Labute approximate surface area is 257 Å². The predicted molar refractivity (Wildman–Crippen MR) is 157 cm³/mol. The maximum absolute atomic E-state index is 12.7. The van der Waals surface area contributed by atoms with E-state index >= 15 is 0 Å². The summed E-state index contributed by atoms with van der Waals surface area (Å²) >= 11 is 0. The van der Waals surface area contributed by atoms with E-state index in [1.807, 2.05) is 30.3 Å². The van der Waals surface area contributed by atoms with Crippen LogP contribution in [0, 0.1) is 11.8 Å². The molecule has 0 bridgehead atoms. The van der Waals surface area contributed by atoms with Gasteiger partial charge in [-0.1, -0.05) is 37.0 Å². The molecule has 7 rings (SSSR count). The highest BCUT2D eigenvalue weighted by molar-refractivity contribution is 5.96. The molecule has 5 heterocycles. The second-order valence-electron chi connectivity index (χ2n) is 10.8. The number of urea groups is 1. The van der Waals surface area contributed by atoms with Gasteiger partial charge in [0.25, 0.3) is 0 Å². The number of carbonyl (C=O) groups excluding carboxylic acids is 1. The van der Waals surface area contributed by atoms with Gasteiger partial charge in [0, 0.05) is 17.8 Å². The number of ether oxygens (including phenoxy) is 4. The lowest BCUT2D eigenvalue weighted by Crippen LogP contribution is -2.36. The number of nitrogens with zero attached hydrogens (tertiary/aromatic N) is 5. The number of hydrogen-bond donors (Lipinski definition) is 3. The first-order valence-electron chi connectivity index (χ1n) is 14.6. The fourth-order valence-electron chi connectivity index (χ4n) is 5.78. The standard InChI is InChI=1S/C31H29N7O7/c39-30(40)20-11-6-14-32-28(20)42-15-21-24-25(45-22(44-24)13-12-18-7-2-1-3-8-18)29(43-21)38-17-35-23-26(33-16-34-27(23)38)37-31(41)36-19-9-4-5-10-19/h1-3,6-8,11,14,16-17,19,21-22,24-25,29H,4-5,9-10,15H2,(H,39,40)(H2,33,34,36,37,41). The van der Waals surface area contributed by atoms with Gasteiger partial charge < -0.3 is 29.4 Å². The molecule has 3 aliphatic rings. The zero-order valence-corrected chi connectivity index (χ0v) is 23.9. The van der Waals surface area contributed by atoms with Crippen LogP contribution in [-0.2, 0) is 14.2 Å². The van der Waals surface area contributed by atoms with E-state index in [1.165, 1.54) is 31.0 Å². The molecular weight excluding hydrogens is 582 g/mol. The third kappa shape index (κ3) is 6.01. The van der Waals surface area contributed by atoms with E-state index in [4.69, 9.17) is 18.9 Å². The molecule has 14 heteroatoms. The van der Waals surface area contributed by atoms with Gasteiger partial charge in [0.1, 0.15) is 36.8 Å². The number of carboxylic acids is 1. The SMILES string of the molecule is O=C(Nc1ncnc2c1ncn2C1OC(COc2ncccc2C(=O)O)C2OC(C#Cc3ccccc3)OC21)NC1CCCC1. The number of aromatic nitrogens is 5.